The minimum Gasteiger partial charge on any atom is -0.479 e. The molecule has 0 saturated carbocycles. The first-order valence-corrected chi connectivity index (χ1v) is 10.5. The minimum atomic E-state index is -1.81. The van der Waals surface area contributed by atoms with E-state index >= 15 is 4.39 Å². The van der Waals surface area contributed by atoms with E-state index in [1.165, 1.54) is 23.1 Å². The third-order valence-corrected chi connectivity index (χ3v) is 6.60. The van der Waals surface area contributed by atoms with Crippen molar-refractivity contribution in [3.8, 4) is 0 Å². The summed E-state index contributed by atoms with van der Waals surface area (Å²) in [7, 11) is 0. The van der Waals surface area contributed by atoms with Crippen molar-refractivity contribution in [3.05, 3.63) is 53.6 Å². The summed E-state index contributed by atoms with van der Waals surface area (Å²) in [6.45, 7) is 3.25. The lowest BCUT2D eigenvalue weighted by atomic mass is 9.91. The molecule has 0 radical (unpaired) electrons. The molecule has 0 amide bonds. The first-order valence-electron chi connectivity index (χ1n) is 10.5. The molecule has 4 aliphatic heterocycles. The summed E-state index contributed by atoms with van der Waals surface area (Å²) in [5.41, 5.74) is 0.433. The van der Waals surface area contributed by atoms with Gasteiger partial charge in [0.05, 0.1) is 16.9 Å². The topological polar surface area (TPSA) is 81.2 Å². The summed E-state index contributed by atoms with van der Waals surface area (Å²) < 4.78 is 28.8. The SMILES string of the molecule is O=C1C(=O)C(C(=O)O)N(c2ccc(F)cc2)c2cc(N3CCN4CCC3CC4)c(F)cc21. The van der Waals surface area contributed by atoms with Crippen molar-refractivity contribution in [2.75, 3.05) is 36.0 Å². The fourth-order valence-corrected chi connectivity index (χ4v) is 4.98. The molecule has 32 heavy (non-hydrogen) atoms. The minimum absolute atomic E-state index is 0.129. The highest BCUT2D eigenvalue weighted by atomic mass is 19.1. The van der Waals surface area contributed by atoms with Crippen LogP contribution in [0.25, 0.3) is 0 Å². The van der Waals surface area contributed by atoms with Gasteiger partial charge in [0.1, 0.15) is 11.6 Å². The lowest BCUT2D eigenvalue weighted by Gasteiger charge is -2.37. The number of nitrogens with zero attached hydrogens (tertiary/aromatic N) is 3. The zero-order valence-electron chi connectivity index (χ0n) is 17.1. The number of halogens is 2. The summed E-state index contributed by atoms with van der Waals surface area (Å²) in [5.74, 6) is -4.87. The number of carbonyl (C=O) groups excluding carboxylic acids is 2. The third-order valence-electron chi connectivity index (χ3n) is 6.60. The summed E-state index contributed by atoms with van der Waals surface area (Å²) in [4.78, 5) is 42.8. The first-order chi connectivity index (χ1) is 15.3. The van der Waals surface area contributed by atoms with Crippen molar-refractivity contribution in [3.63, 3.8) is 0 Å². The number of carboxylic acid groups (broad SMARTS) is 1. The van der Waals surface area contributed by atoms with Gasteiger partial charge in [0, 0.05) is 37.9 Å². The van der Waals surface area contributed by atoms with Gasteiger partial charge in [-0.3, -0.25) is 9.59 Å². The Morgan fingerprint density at radius 3 is 2.28 bits per heavy atom. The van der Waals surface area contributed by atoms with Crippen LogP contribution in [0.3, 0.4) is 0 Å². The largest absolute Gasteiger partial charge is 0.479 e. The number of anilines is 3. The Kier molecular flexibility index (Phi) is 4.93. The van der Waals surface area contributed by atoms with Gasteiger partial charge >= 0.3 is 5.97 Å². The molecule has 166 valence electrons. The highest BCUT2D eigenvalue weighted by molar-refractivity contribution is 6.51. The van der Waals surface area contributed by atoms with Gasteiger partial charge in [-0.05, 0) is 49.2 Å². The van der Waals surface area contributed by atoms with Crippen molar-refractivity contribution in [2.24, 2.45) is 0 Å². The highest BCUT2D eigenvalue weighted by Gasteiger charge is 2.45. The molecule has 0 aliphatic carbocycles. The molecule has 6 rings (SSSR count). The van der Waals surface area contributed by atoms with Crippen molar-refractivity contribution in [2.45, 2.75) is 24.9 Å². The average Bonchev–Trinajstić information content (AvgIpc) is 3.10. The summed E-state index contributed by atoms with van der Waals surface area (Å²) in [5, 5.41) is 9.75. The van der Waals surface area contributed by atoms with Crippen LogP contribution in [-0.4, -0.2) is 65.8 Å². The van der Waals surface area contributed by atoms with E-state index in [-0.39, 0.29) is 28.7 Å². The molecule has 7 nitrogen and oxygen atoms in total. The van der Waals surface area contributed by atoms with Gasteiger partial charge in [0.15, 0.2) is 6.04 Å². The predicted molar refractivity (Wildman–Crippen MR) is 113 cm³/mol. The van der Waals surface area contributed by atoms with E-state index in [0.717, 1.165) is 50.7 Å². The monoisotopic (exact) mass is 441 g/mol. The lowest BCUT2D eigenvalue weighted by Crippen LogP contribution is -2.51. The molecular formula is C23H21F2N3O4. The summed E-state index contributed by atoms with van der Waals surface area (Å²) in [6.07, 6.45) is 1.76. The van der Waals surface area contributed by atoms with Gasteiger partial charge in [0.25, 0.3) is 0 Å². The number of carboxylic acids is 1. The molecule has 1 N–H and O–H groups in total. The first kappa shape index (κ1) is 20.6. The van der Waals surface area contributed by atoms with Crippen molar-refractivity contribution >= 4 is 34.6 Å². The fourth-order valence-electron chi connectivity index (χ4n) is 4.98. The Morgan fingerprint density at radius 1 is 0.938 bits per heavy atom. The van der Waals surface area contributed by atoms with Crippen LogP contribution in [0.2, 0.25) is 0 Å². The standard InChI is InChI=1S/C23H21F2N3O4/c24-13-1-3-15(4-2-13)28-18-12-19(27-10-9-26-7-5-14(27)6-8-26)17(25)11-16(18)21(29)22(30)20(28)23(31)32/h1-4,11-12,14,20H,5-10H2,(H,31,32). The normalized spacial score (nSPS) is 25.0. The molecule has 3 saturated heterocycles. The summed E-state index contributed by atoms with van der Waals surface area (Å²) in [6, 6.07) is 5.76. The molecule has 0 aromatic heterocycles. The molecule has 1 unspecified atom stereocenters. The maximum absolute atomic E-state index is 15.3. The van der Waals surface area contributed by atoms with Gasteiger partial charge < -0.3 is 19.8 Å². The van der Waals surface area contributed by atoms with E-state index in [1.807, 2.05) is 4.90 Å². The highest BCUT2D eigenvalue weighted by Crippen LogP contribution is 2.41. The second-order valence-corrected chi connectivity index (χ2v) is 8.37. The zero-order chi connectivity index (χ0) is 22.6. The van der Waals surface area contributed by atoms with E-state index in [4.69, 9.17) is 0 Å². The molecule has 9 heteroatoms. The Morgan fingerprint density at radius 2 is 1.62 bits per heavy atom. The van der Waals surface area contributed by atoms with Gasteiger partial charge in [-0.15, -0.1) is 0 Å². The van der Waals surface area contributed by atoms with E-state index in [2.05, 4.69) is 4.90 Å². The number of ketones is 2. The zero-order valence-corrected chi connectivity index (χ0v) is 17.1. The van der Waals surface area contributed by atoms with E-state index in [9.17, 15) is 23.9 Å². The van der Waals surface area contributed by atoms with Crippen LogP contribution in [0.4, 0.5) is 25.8 Å². The lowest BCUT2D eigenvalue weighted by molar-refractivity contribution is -0.141. The number of benzene rings is 2. The number of hydrogen-bond acceptors (Lipinski definition) is 6. The van der Waals surface area contributed by atoms with Crippen molar-refractivity contribution < 1.29 is 28.3 Å². The number of aliphatic carboxylic acids is 1. The number of carbonyl (C=O) groups is 3. The maximum atomic E-state index is 15.3. The molecule has 2 aromatic carbocycles. The number of piperidine rings is 1. The summed E-state index contributed by atoms with van der Waals surface area (Å²) >= 11 is 0. The van der Waals surface area contributed by atoms with Crippen LogP contribution in [-0.2, 0) is 9.59 Å². The van der Waals surface area contributed by atoms with Gasteiger partial charge in [0.2, 0.25) is 11.6 Å². The van der Waals surface area contributed by atoms with Crippen LogP contribution in [0.15, 0.2) is 36.4 Å². The molecule has 4 aliphatic rings. The second-order valence-electron chi connectivity index (χ2n) is 8.37. The average molecular weight is 441 g/mol. The fraction of sp³-hybridized carbons (Fsp3) is 0.348. The number of Topliss-reactive ketones (excluding diaryl/α,β-unsaturated/α-hetero) is 2. The van der Waals surface area contributed by atoms with Gasteiger partial charge in [-0.25, -0.2) is 13.6 Å². The molecule has 2 bridgehead atoms. The van der Waals surface area contributed by atoms with Crippen LogP contribution in [0.1, 0.15) is 23.2 Å². The third kappa shape index (κ3) is 3.24. The second kappa shape index (κ2) is 7.67. The van der Waals surface area contributed by atoms with Crippen LogP contribution < -0.4 is 9.80 Å². The van der Waals surface area contributed by atoms with Crippen LogP contribution in [0, 0.1) is 11.6 Å². The number of fused-ring (bicyclic) bond motifs is 5. The molecular weight excluding hydrogens is 420 g/mol. The Hall–Kier alpha value is -3.33. The molecule has 0 spiro atoms. The number of hydrogen-bond donors (Lipinski definition) is 1. The smallest absolute Gasteiger partial charge is 0.335 e. The quantitative estimate of drug-likeness (QED) is 0.579. The van der Waals surface area contributed by atoms with Crippen LogP contribution >= 0.6 is 0 Å². The van der Waals surface area contributed by atoms with E-state index in [0.29, 0.717) is 6.54 Å². The molecule has 3 fully saturated rings. The molecule has 1 atom stereocenters. The molecule has 4 heterocycles. The Balaban J connectivity index is 1.68. The number of rotatable bonds is 3. The molecule has 2 aromatic rings. The van der Waals surface area contributed by atoms with Gasteiger partial charge in [-0.2, -0.15) is 0 Å². The van der Waals surface area contributed by atoms with Crippen LogP contribution in [0.5, 0.6) is 0 Å². The van der Waals surface area contributed by atoms with Crippen molar-refractivity contribution in [1.82, 2.24) is 4.90 Å². The van der Waals surface area contributed by atoms with E-state index in [1.54, 1.807) is 0 Å². The van der Waals surface area contributed by atoms with E-state index < -0.39 is 35.2 Å². The van der Waals surface area contributed by atoms with Crippen molar-refractivity contribution in [1.29, 1.82) is 0 Å². The maximum Gasteiger partial charge on any atom is 0.335 e. The van der Waals surface area contributed by atoms with Gasteiger partial charge in [-0.1, -0.05) is 0 Å². The Bertz CT molecular complexity index is 1110. The predicted octanol–water partition coefficient (Wildman–Crippen LogP) is 2.61. The Labute approximate surface area is 182 Å².